The molecule has 21 heavy (non-hydrogen) atoms. The van der Waals surface area contributed by atoms with Crippen LogP contribution in [0.1, 0.15) is 36.9 Å². The molecule has 2 rings (SSSR count). The van der Waals surface area contributed by atoms with E-state index in [2.05, 4.69) is 11.9 Å². The van der Waals surface area contributed by atoms with Gasteiger partial charge in [-0.3, -0.25) is 0 Å². The number of aromatic nitrogens is 1. The highest BCUT2D eigenvalue weighted by Crippen LogP contribution is 2.32. The van der Waals surface area contributed by atoms with Crippen LogP contribution in [-0.4, -0.2) is 18.7 Å². The highest BCUT2D eigenvalue weighted by Gasteiger charge is 2.15. The van der Waals surface area contributed by atoms with Crippen LogP contribution in [0.3, 0.4) is 0 Å². The Hall–Kier alpha value is -1.43. The smallest absolute Gasteiger partial charge is 0.124 e. The van der Waals surface area contributed by atoms with Gasteiger partial charge in [0.05, 0.1) is 18.9 Å². The SMILES string of the molecule is CCCOc1ccc(-c2nc(COC)c(C(C)N)s2)cc1. The Kier molecular flexibility index (Phi) is 5.73. The minimum atomic E-state index is -0.0337. The van der Waals surface area contributed by atoms with Gasteiger partial charge in [0, 0.05) is 23.6 Å². The number of benzene rings is 1. The zero-order chi connectivity index (χ0) is 15.2. The van der Waals surface area contributed by atoms with E-state index in [0.717, 1.165) is 39.9 Å². The predicted molar refractivity (Wildman–Crippen MR) is 86.7 cm³/mol. The topological polar surface area (TPSA) is 57.4 Å². The van der Waals surface area contributed by atoms with Crippen LogP contribution >= 0.6 is 11.3 Å². The summed E-state index contributed by atoms with van der Waals surface area (Å²) in [5.74, 6) is 0.890. The lowest BCUT2D eigenvalue weighted by molar-refractivity contribution is 0.181. The number of rotatable bonds is 7. The largest absolute Gasteiger partial charge is 0.494 e. The van der Waals surface area contributed by atoms with Crippen molar-refractivity contribution in [1.29, 1.82) is 0 Å². The summed E-state index contributed by atoms with van der Waals surface area (Å²) in [5.41, 5.74) is 8.02. The fourth-order valence-electron chi connectivity index (χ4n) is 2.00. The zero-order valence-electron chi connectivity index (χ0n) is 12.8. The number of methoxy groups -OCH3 is 1. The average molecular weight is 306 g/mol. The minimum Gasteiger partial charge on any atom is -0.494 e. The monoisotopic (exact) mass is 306 g/mol. The maximum atomic E-state index is 6.01. The van der Waals surface area contributed by atoms with Crippen molar-refractivity contribution in [3.05, 3.63) is 34.8 Å². The second-order valence-electron chi connectivity index (χ2n) is 4.92. The molecule has 1 aromatic heterocycles. The molecule has 0 aliphatic heterocycles. The normalized spacial score (nSPS) is 12.4. The Morgan fingerprint density at radius 3 is 2.57 bits per heavy atom. The first-order valence-corrected chi connectivity index (χ1v) is 7.94. The van der Waals surface area contributed by atoms with Gasteiger partial charge >= 0.3 is 0 Å². The van der Waals surface area contributed by atoms with Gasteiger partial charge in [0.25, 0.3) is 0 Å². The first kappa shape index (κ1) is 15.9. The van der Waals surface area contributed by atoms with Gasteiger partial charge in [-0.1, -0.05) is 6.92 Å². The Balaban J connectivity index is 2.23. The van der Waals surface area contributed by atoms with Crippen LogP contribution in [-0.2, 0) is 11.3 Å². The second kappa shape index (κ2) is 7.54. The molecule has 0 amide bonds. The van der Waals surface area contributed by atoms with Gasteiger partial charge in [-0.2, -0.15) is 0 Å². The van der Waals surface area contributed by atoms with E-state index in [1.54, 1.807) is 18.4 Å². The molecule has 2 aromatic rings. The van der Waals surface area contributed by atoms with Crippen molar-refractivity contribution in [1.82, 2.24) is 4.98 Å². The van der Waals surface area contributed by atoms with Crippen molar-refractivity contribution in [3.63, 3.8) is 0 Å². The minimum absolute atomic E-state index is 0.0337. The quantitative estimate of drug-likeness (QED) is 0.846. The average Bonchev–Trinajstić information content (AvgIpc) is 2.90. The van der Waals surface area contributed by atoms with E-state index >= 15 is 0 Å². The summed E-state index contributed by atoms with van der Waals surface area (Å²) in [6.07, 6.45) is 1.01. The Bertz CT molecular complexity index is 564. The molecule has 1 atom stereocenters. The summed E-state index contributed by atoms with van der Waals surface area (Å²) in [6.45, 7) is 5.30. The number of nitrogens with zero attached hydrogens (tertiary/aromatic N) is 1. The lowest BCUT2D eigenvalue weighted by Crippen LogP contribution is -2.06. The molecule has 1 unspecified atom stereocenters. The fraction of sp³-hybridized carbons (Fsp3) is 0.438. The standard InChI is InChI=1S/C16H22N2O2S/c1-4-9-20-13-7-5-12(6-8-13)16-18-14(10-19-3)15(21-16)11(2)17/h5-8,11H,4,9-10,17H2,1-3H3. The summed E-state index contributed by atoms with van der Waals surface area (Å²) in [7, 11) is 1.67. The number of nitrogens with two attached hydrogens (primary N) is 1. The molecule has 0 fully saturated rings. The van der Waals surface area contributed by atoms with Crippen molar-refractivity contribution >= 4 is 11.3 Å². The lowest BCUT2D eigenvalue weighted by Gasteiger charge is -2.04. The van der Waals surface area contributed by atoms with Crippen molar-refractivity contribution in [2.24, 2.45) is 5.73 Å². The maximum absolute atomic E-state index is 6.01. The maximum Gasteiger partial charge on any atom is 0.124 e. The molecular formula is C16H22N2O2S. The van der Waals surface area contributed by atoms with Crippen LogP contribution in [0.4, 0.5) is 0 Å². The lowest BCUT2D eigenvalue weighted by atomic mass is 10.2. The van der Waals surface area contributed by atoms with Gasteiger partial charge in [-0.05, 0) is 37.6 Å². The molecule has 1 aromatic carbocycles. The van der Waals surface area contributed by atoms with Crippen LogP contribution in [0.2, 0.25) is 0 Å². The van der Waals surface area contributed by atoms with Crippen LogP contribution in [0.5, 0.6) is 5.75 Å². The van der Waals surface area contributed by atoms with E-state index < -0.39 is 0 Å². The van der Waals surface area contributed by atoms with E-state index in [1.807, 2.05) is 31.2 Å². The Labute approximate surface area is 129 Å². The van der Waals surface area contributed by atoms with Crippen molar-refractivity contribution in [2.75, 3.05) is 13.7 Å². The first-order valence-electron chi connectivity index (χ1n) is 7.13. The molecule has 0 saturated carbocycles. The van der Waals surface area contributed by atoms with E-state index in [9.17, 15) is 0 Å². The zero-order valence-corrected chi connectivity index (χ0v) is 13.6. The summed E-state index contributed by atoms with van der Waals surface area (Å²) >= 11 is 1.63. The summed E-state index contributed by atoms with van der Waals surface area (Å²) in [5, 5.41) is 0.969. The van der Waals surface area contributed by atoms with Gasteiger partial charge in [0.2, 0.25) is 0 Å². The van der Waals surface area contributed by atoms with Crippen molar-refractivity contribution < 1.29 is 9.47 Å². The summed E-state index contributed by atoms with van der Waals surface area (Å²) in [4.78, 5) is 5.74. The second-order valence-corrected chi connectivity index (χ2v) is 5.96. The Morgan fingerprint density at radius 2 is 2.00 bits per heavy atom. The van der Waals surface area contributed by atoms with Crippen LogP contribution in [0.15, 0.2) is 24.3 Å². The molecular weight excluding hydrogens is 284 g/mol. The third-order valence-corrected chi connectivity index (χ3v) is 4.34. The fourth-order valence-corrected chi connectivity index (χ4v) is 3.02. The summed E-state index contributed by atoms with van der Waals surface area (Å²) < 4.78 is 10.8. The van der Waals surface area contributed by atoms with Gasteiger partial charge in [0.15, 0.2) is 0 Å². The third-order valence-electron chi connectivity index (χ3n) is 3.00. The number of thiazole rings is 1. The predicted octanol–water partition coefficient (Wildman–Crippen LogP) is 3.77. The van der Waals surface area contributed by atoms with E-state index in [0.29, 0.717) is 6.61 Å². The molecule has 0 saturated heterocycles. The molecule has 4 nitrogen and oxygen atoms in total. The van der Waals surface area contributed by atoms with Gasteiger partial charge in [-0.25, -0.2) is 4.98 Å². The molecule has 0 aliphatic carbocycles. The van der Waals surface area contributed by atoms with Crippen LogP contribution in [0, 0.1) is 0 Å². The molecule has 5 heteroatoms. The molecule has 0 aliphatic rings. The van der Waals surface area contributed by atoms with E-state index in [1.165, 1.54) is 0 Å². The van der Waals surface area contributed by atoms with Gasteiger partial charge in [-0.15, -0.1) is 11.3 Å². The van der Waals surface area contributed by atoms with E-state index in [-0.39, 0.29) is 6.04 Å². The number of hydrogen-bond acceptors (Lipinski definition) is 5. The third kappa shape index (κ3) is 4.03. The van der Waals surface area contributed by atoms with E-state index in [4.69, 9.17) is 15.2 Å². The molecule has 0 radical (unpaired) electrons. The van der Waals surface area contributed by atoms with Crippen LogP contribution in [0.25, 0.3) is 10.6 Å². The Morgan fingerprint density at radius 1 is 1.29 bits per heavy atom. The van der Waals surface area contributed by atoms with Crippen molar-refractivity contribution in [2.45, 2.75) is 32.9 Å². The van der Waals surface area contributed by atoms with Gasteiger partial charge < -0.3 is 15.2 Å². The number of hydrogen-bond donors (Lipinski definition) is 1. The molecule has 114 valence electrons. The molecule has 0 bridgehead atoms. The van der Waals surface area contributed by atoms with Crippen molar-refractivity contribution in [3.8, 4) is 16.3 Å². The molecule has 2 N–H and O–H groups in total. The van der Waals surface area contributed by atoms with Crippen LogP contribution < -0.4 is 10.5 Å². The summed E-state index contributed by atoms with van der Waals surface area (Å²) in [6, 6.07) is 7.99. The molecule has 1 heterocycles. The first-order chi connectivity index (χ1) is 10.2. The highest BCUT2D eigenvalue weighted by atomic mass is 32.1. The van der Waals surface area contributed by atoms with Gasteiger partial charge in [0.1, 0.15) is 10.8 Å². The number of ether oxygens (including phenoxy) is 2. The molecule has 0 spiro atoms. The highest BCUT2D eigenvalue weighted by molar-refractivity contribution is 7.15.